The Labute approximate surface area is 101 Å². The Balaban J connectivity index is 2.31. The fourth-order valence-electron chi connectivity index (χ4n) is 1.83. The zero-order valence-corrected chi connectivity index (χ0v) is 10.4. The van der Waals surface area contributed by atoms with Crippen LogP contribution in [-0.2, 0) is 6.42 Å². The molecule has 3 heteroatoms. The van der Waals surface area contributed by atoms with Crippen molar-refractivity contribution in [2.45, 2.75) is 27.2 Å². The molecule has 0 bridgehead atoms. The van der Waals surface area contributed by atoms with E-state index in [2.05, 4.69) is 42.0 Å². The molecule has 2 aromatic rings. The van der Waals surface area contributed by atoms with Crippen molar-refractivity contribution in [1.29, 1.82) is 0 Å². The van der Waals surface area contributed by atoms with E-state index in [0.717, 1.165) is 11.5 Å². The Morgan fingerprint density at radius 3 is 2.53 bits per heavy atom. The summed E-state index contributed by atoms with van der Waals surface area (Å²) in [5.41, 5.74) is 4.38. The van der Waals surface area contributed by atoms with Gasteiger partial charge >= 0.3 is 0 Å². The number of hydrogen-bond donors (Lipinski definition) is 1. The van der Waals surface area contributed by atoms with Crippen LogP contribution in [0.1, 0.15) is 28.2 Å². The van der Waals surface area contributed by atoms with Gasteiger partial charge in [0.15, 0.2) is 0 Å². The van der Waals surface area contributed by atoms with Crippen LogP contribution in [0.5, 0.6) is 0 Å². The molecule has 88 valence electrons. The van der Waals surface area contributed by atoms with E-state index in [1.807, 2.05) is 6.92 Å². The van der Waals surface area contributed by atoms with Gasteiger partial charge in [0.2, 0.25) is 0 Å². The number of aromatic amines is 1. The first kappa shape index (κ1) is 11.6. The zero-order chi connectivity index (χ0) is 12.4. The molecule has 0 fully saturated rings. The second-order valence-corrected chi connectivity index (χ2v) is 4.43. The lowest BCUT2D eigenvalue weighted by molar-refractivity contribution is 0.920. The van der Waals surface area contributed by atoms with E-state index in [0.29, 0.717) is 6.42 Å². The number of hydrogen-bond acceptors (Lipinski definition) is 2. The summed E-state index contributed by atoms with van der Waals surface area (Å²) in [6.07, 6.45) is 0.665. The third kappa shape index (κ3) is 2.81. The van der Waals surface area contributed by atoms with Gasteiger partial charge in [0.25, 0.3) is 5.56 Å². The van der Waals surface area contributed by atoms with Crippen molar-refractivity contribution in [3.63, 3.8) is 0 Å². The first-order valence-corrected chi connectivity index (χ1v) is 5.67. The lowest BCUT2D eigenvalue weighted by Gasteiger charge is -2.05. The number of rotatable bonds is 2. The summed E-state index contributed by atoms with van der Waals surface area (Å²) in [6.45, 7) is 6.01. The Kier molecular flexibility index (Phi) is 3.09. The third-order valence-electron chi connectivity index (χ3n) is 2.86. The number of H-pyrrole nitrogens is 1. The Hall–Kier alpha value is -1.90. The van der Waals surface area contributed by atoms with Crippen LogP contribution in [0.3, 0.4) is 0 Å². The molecule has 17 heavy (non-hydrogen) atoms. The van der Waals surface area contributed by atoms with E-state index in [-0.39, 0.29) is 5.56 Å². The van der Waals surface area contributed by atoms with Gasteiger partial charge in [-0.2, -0.15) is 0 Å². The van der Waals surface area contributed by atoms with Crippen molar-refractivity contribution < 1.29 is 0 Å². The van der Waals surface area contributed by atoms with E-state index in [1.165, 1.54) is 22.8 Å². The molecule has 0 radical (unpaired) electrons. The first-order valence-electron chi connectivity index (χ1n) is 5.67. The van der Waals surface area contributed by atoms with Crippen LogP contribution in [0.25, 0.3) is 0 Å². The Morgan fingerprint density at radius 1 is 1.12 bits per heavy atom. The highest BCUT2D eigenvalue weighted by atomic mass is 16.1. The van der Waals surface area contributed by atoms with Gasteiger partial charge in [-0.3, -0.25) is 4.79 Å². The van der Waals surface area contributed by atoms with Crippen molar-refractivity contribution in [3.8, 4) is 0 Å². The van der Waals surface area contributed by atoms with Crippen molar-refractivity contribution >= 4 is 0 Å². The summed E-state index contributed by atoms with van der Waals surface area (Å²) in [5.74, 6) is 0.721. The summed E-state index contributed by atoms with van der Waals surface area (Å²) in [7, 11) is 0. The molecular weight excluding hydrogens is 212 g/mol. The molecule has 0 saturated carbocycles. The van der Waals surface area contributed by atoms with Crippen LogP contribution in [0.2, 0.25) is 0 Å². The lowest BCUT2D eigenvalue weighted by atomic mass is 10.0. The van der Waals surface area contributed by atoms with Gasteiger partial charge in [-0.15, -0.1) is 0 Å². The normalized spacial score (nSPS) is 10.5. The smallest absolute Gasteiger partial charge is 0.251 e. The van der Waals surface area contributed by atoms with Crippen molar-refractivity contribution in [1.82, 2.24) is 9.97 Å². The van der Waals surface area contributed by atoms with E-state index >= 15 is 0 Å². The maximum Gasteiger partial charge on any atom is 0.251 e. The van der Waals surface area contributed by atoms with Crippen molar-refractivity contribution in [3.05, 3.63) is 62.8 Å². The summed E-state index contributed by atoms with van der Waals surface area (Å²) < 4.78 is 0. The summed E-state index contributed by atoms with van der Waals surface area (Å²) in [4.78, 5) is 18.4. The molecule has 2 rings (SSSR count). The minimum Gasteiger partial charge on any atom is -0.310 e. The zero-order valence-electron chi connectivity index (χ0n) is 10.4. The molecule has 1 N–H and O–H groups in total. The van der Waals surface area contributed by atoms with Gasteiger partial charge in [0, 0.05) is 18.2 Å². The Morgan fingerprint density at radius 2 is 1.88 bits per heavy atom. The second kappa shape index (κ2) is 4.53. The monoisotopic (exact) mass is 228 g/mol. The van der Waals surface area contributed by atoms with Crippen LogP contribution >= 0.6 is 0 Å². The topological polar surface area (TPSA) is 45.8 Å². The van der Waals surface area contributed by atoms with Crippen molar-refractivity contribution in [2.75, 3.05) is 0 Å². The summed E-state index contributed by atoms with van der Waals surface area (Å²) in [6, 6.07) is 7.81. The standard InChI is InChI=1S/C14H16N2O/c1-9-4-5-12(6-10(9)2)8-13-15-11(3)7-14(17)16-13/h4-7H,8H2,1-3H3,(H,15,16,17). The van der Waals surface area contributed by atoms with Gasteiger partial charge < -0.3 is 4.98 Å². The summed E-state index contributed by atoms with van der Waals surface area (Å²) >= 11 is 0. The SMILES string of the molecule is Cc1cc(=O)[nH]c(Cc2ccc(C)c(C)c2)n1. The maximum absolute atomic E-state index is 11.3. The molecule has 0 spiro atoms. The molecule has 0 aliphatic carbocycles. The molecule has 1 heterocycles. The third-order valence-corrected chi connectivity index (χ3v) is 2.86. The molecule has 0 saturated heterocycles. The fraction of sp³-hybridized carbons (Fsp3) is 0.286. The highest BCUT2D eigenvalue weighted by Crippen LogP contribution is 2.12. The van der Waals surface area contributed by atoms with E-state index < -0.39 is 0 Å². The number of nitrogens with zero attached hydrogens (tertiary/aromatic N) is 1. The average Bonchev–Trinajstić information content (AvgIpc) is 2.22. The molecule has 0 amide bonds. The predicted molar refractivity (Wildman–Crippen MR) is 68.3 cm³/mol. The predicted octanol–water partition coefficient (Wildman–Crippen LogP) is 2.29. The number of benzene rings is 1. The minimum absolute atomic E-state index is 0.0867. The molecule has 0 unspecified atom stereocenters. The highest BCUT2D eigenvalue weighted by Gasteiger charge is 2.02. The van der Waals surface area contributed by atoms with Crippen LogP contribution < -0.4 is 5.56 Å². The lowest BCUT2D eigenvalue weighted by Crippen LogP contribution is -2.11. The van der Waals surface area contributed by atoms with Gasteiger partial charge in [0.05, 0.1) is 0 Å². The molecule has 0 aliphatic rings. The van der Waals surface area contributed by atoms with Crippen molar-refractivity contribution in [2.24, 2.45) is 0 Å². The fourth-order valence-corrected chi connectivity index (χ4v) is 1.83. The van der Waals surface area contributed by atoms with Crippen LogP contribution in [0.4, 0.5) is 0 Å². The molecule has 3 nitrogen and oxygen atoms in total. The van der Waals surface area contributed by atoms with Crippen LogP contribution in [-0.4, -0.2) is 9.97 Å². The first-order chi connectivity index (χ1) is 8.04. The molecule has 0 aliphatic heterocycles. The number of aryl methyl sites for hydroxylation is 3. The molecule has 1 aromatic carbocycles. The van der Waals surface area contributed by atoms with E-state index in [9.17, 15) is 4.79 Å². The van der Waals surface area contributed by atoms with Crippen LogP contribution in [0, 0.1) is 20.8 Å². The highest BCUT2D eigenvalue weighted by molar-refractivity contribution is 5.31. The quantitative estimate of drug-likeness (QED) is 0.857. The van der Waals surface area contributed by atoms with Gasteiger partial charge in [0.1, 0.15) is 5.82 Å². The van der Waals surface area contributed by atoms with E-state index in [4.69, 9.17) is 0 Å². The second-order valence-electron chi connectivity index (χ2n) is 4.43. The molecule has 0 atom stereocenters. The minimum atomic E-state index is -0.0867. The van der Waals surface area contributed by atoms with Gasteiger partial charge in [-0.05, 0) is 37.5 Å². The summed E-state index contributed by atoms with van der Waals surface area (Å²) in [5, 5.41) is 0. The largest absolute Gasteiger partial charge is 0.310 e. The maximum atomic E-state index is 11.3. The average molecular weight is 228 g/mol. The van der Waals surface area contributed by atoms with E-state index in [1.54, 1.807) is 0 Å². The Bertz CT molecular complexity index is 599. The molecule has 1 aromatic heterocycles. The number of aromatic nitrogens is 2. The van der Waals surface area contributed by atoms with Crippen LogP contribution in [0.15, 0.2) is 29.1 Å². The molecular formula is C14H16N2O. The van der Waals surface area contributed by atoms with Gasteiger partial charge in [-0.1, -0.05) is 18.2 Å². The van der Waals surface area contributed by atoms with Gasteiger partial charge in [-0.25, -0.2) is 4.98 Å². The number of nitrogens with one attached hydrogen (secondary N) is 1.